The number of rotatable bonds is 4. The van der Waals surface area contributed by atoms with Crippen molar-refractivity contribution in [3.05, 3.63) is 63.8 Å². The zero-order valence-corrected chi connectivity index (χ0v) is 19.5. The molecule has 1 aromatic heterocycles. The second-order valence-electron chi connectivity index (χ2n) is 8.48. The quantitative estimate of drug-likeness (QED) is 0.528. The summed E-state index contributed by atoms with van der Waals surface area (Å²) in [4.78, 5) is 34.4. The highest BCUT2D eigenvalue weighted by atomic mass is 79.9. The van der Waals surface area contributed by atoms with E-state index in [1.54, 1.807) is 11.8 Å². The normalized spacial score (nSPS) is 19.9. The molecule has 0 saturated heterocycles. The van der Waals surface area contributed by atoms with Crippen molar-refractivity contribution < 1.29 is 9.59 Å². The average molecular weight is 480 g/mol. The number of carbonyl (C=O) groups excluding carboxylic acids is 2. The van der Waals surface area contributed by atoms with Gasteiger partial charge in [-0.25, -0.2) is 0 Å². The number of halogens is 1. The summed E-state index contributed by atoms with van der Waals surface area (Å²) in [7, 11) is 0. The van der Waals surface area contributed by atoms with Crippen molar-refractivity contribution in [1.29, 1.82) is 0 Å². The van der Waals surface area contributed by atoms with Gasteiger partial charge in [0.1, 0.15) is 0 Å². The van der Waals surface area contributed by atoms with Gasteiger partial charge in [0.05, 0.1) is 11.4 Å². The second kappa shape index (κ2) is 7.52. The van der Waals surface area contributed by atoms with E-state index in [1.807, 2.05) is 41.3 Å². The molecule has 2 amide bonds. The molecule has 160 valence electrons. The Balaban J connectivity index is 1.80. The summed E-state index contributed by atoms with van der Waals surface area (Å²) in [6.45, 7) is 4.91. The molecule has 0 radical (unpaired) electrons. The van der Waals surface area contributed by atoms with Crippen LogP contribution in [0.25, 0.3) is 10.9 Å². The van der Waals surface area contributed by atoms with Crippen LogP contribution in [0.4, 0.5) is 5.69 Å². The third-order valence-corrected chi connectivity index (χ3v) is 7.22. The molecule has 6 heteroatoms. The fourth-order valence-electron chi connectivity index (χ4n) is 5.39. The Kier molecular flexibility index (Phi) is 4.93. The number of amides is 2. The molecular weight excluding hydrogens is 454 g/mol. The van der Waals surface area contributed by atoms with Gasteiger partial charge in [-0.1, -0.05) is 53.9 Å². The maximum atomic E-state index is 14.3. The van der Waals surface area contributed by atoms with Crippen LogP contribution >= 0.6 is 15.9 Å². The molecule has 5 nitrogen and oxygen atoms in total. The molecule has 1 spiro atoms. The lowest BCUT2D eigenvalue weighted by molar-refractivity contribution is -0.143. The van der Waals surface area contributed by atoms with Gasteiger partial charge in [0.2, 0.25) is 5.91 Å². The Morgan fingerprint density at radius 3 is 2.77 bits per heavy atom. The first kappa shape index (κ1) is 20.3. The second-order valence-corrected chi connectivity index (χ2v) is 9.40. The highest BCUT2D eigenvalue weighted by molar-refractivity contribution is 9.10. The third kappa shape index (κ3) is 2.80. The number of unbranched alkanes of at least 4 members (excludes halogenated alkanes) is 2. The van der Waals surface area contributed by atoms with E-state index in [4.69, 9.17) is 0 Å². The highest BCUT2D eigenvalue weighted by Gasteiger charge is 2.60. The first-order chi connectivity index (χ1) is 15.0. The van der Waals surface area contributed by atoms with Crippen LogP contribution in [0.2, 0.25) is 0 Å². The Morgan fingerprint density at radius 2 is 2.00 bits per heavy atom. The number of hydrogen-bond acceptors (Lipinski definition) is 2. The monoisotopic (exact) mass is 479 g/mol. The van der Waals surface area contributed by atoms with Crippen molar-refractivity contribution in [1.82, 2.24) is 9.88 Å². The summed E-state index contributed by atoms with van der Waals surface area (Å²) < 4.78 is 0.903. The van der Waals surface area contributed by atoms with Gasteiger partial charge < -0.3 is 14.8 Å². The van der Waals surface area contributed by atoms with Crippen molar-refractivity contribution in [2.24, 2.45) is 0 Å². The number of hydrogen-bond donors (Lipinski definition) is 1. The Labute approximate surface area is 190 Å². The number of para-hydroxylation sites is 1. The van der Waals surface area contributed by atoms with E-state index in [2.05, 4.69) is 33.9 Å². The maximum absolute atomic E-state index is 14.3. The number of nitrogens with zero attached hydrogens (tertiary/aromatic N) is 2. The number of fused-ring (bicyclic) bond motifs is 6. The smallest absolute Gasteiger partial charge is 0.263 e. The van der Waals surface area contributed by atoms with Gasteiger partial charge in [-0.05, 0) is 42.7 Å². The minimum atomic E-state index is -1.15. The van der Waals surface area contributed by atoms with E-state index in [1.165, 1.54) is 0 Å². The summed E-state index contributed by atoms with van der Waals surface area (Å²) in [6, 6.07) is 14.2. The van der Waals surface area contributed by atoms with Crippen molar-refractivity contribution in [3.8, 4) is 0 Å². The fourth-order valence-corrected chi connectivity index (χ4v) is 5.75. The highest BCUT2D eigenvalue weighted by Crippen LogP contribution is 2.52. The first-order valence-corrected chi connectivity index (χ1v) is 11.8. The van der Waals surface area contributed by atoms with Crippen LogP contribution in [-0.4, -0.2) is 34.8 Å². The third-order valence-electron chi connectivity index (χ3n) is 6.72. The largest absolute Gasteiger partial charge is 0.355 e. The Bertz CT molecular complexity index is 1200. The number of carbonyl (C=O) groups is 2. The molecule has 0 aliphatic carbocycles. The van der Waals surface area contributed by atoms with Crippen molar-refractivity contribution in [2.45, 2.75) is 45.1 Å². The number of H-pyrrole nitrogens is 1. The summed E-state index contributed by atoms with van der Waals surface area (Å²) in [5, 5.41) is 1.13. The fraction of sp³-hybridized carbons (Fsp3) is 0.360. The van der Waals surface area contributed by atoms with E-state index in [9.17, 15) is 9.59 Å². The molecule has 1 N–H and O–H groups in total. The molecule has 1 unspecified atom stereocenters. The molecule has 2 aliphatic heterocycles. The predicted molar refractivity (Wildman–Crippen MR) is 126 cm³/mol. The van der Waals surface area contributed by atoms with Crippen LogP contribution in [0.1, 0.15) is 49.9 Å². The van der Waals surface area contributed by atoms with E-state index in [0.717, 1.165) is 63.6 Å². The number of anilines is 1. The van der Waals surface area contributed by atoms with Gasteiger partial charge in [0, 0.05) is 41.0 Å². The Morgan fingerprint density at radius 1 is 1.19 bits per heavy atom. The molecule has 0 saturated carbocycles. The molecule has 2 aliphatic rings. The molecule has 0 fully saturated rings. The molecule has 2 aromatic carbocycles. The maximum Gasteiger partial charge on any atom is 0.263 e. The average Bonchev–Trinajstić information content (AvgIpc) is 3.24. The van der Waals surface area contributed by atoms with Crippen LogP contribution in [0.5, 0.6) is 0 Å². The summed E-state index contributed by atoms with van der Waals surface area (Å²) >= 11 is 3.61. The van der Waals surface area contributed by atoms with Crippen LogP contribution in [0.3, 0.4) is 0 Å². The van der Waals surface area contributed by atoms with Gasteiger partial charge in [0.15, 0.2) is 5.54 Å². The SMILES string of the molecule is CCCCCN1C(=O)C2(c3cc(Br)ccc31)c1[nH]c3ccccc3c1CCN2C(C)=O. The van der Waals surface area contributed by atoms with Crippen LogP contribution < -0.4 is 4.90 Å². The predicted octanol–water partition coefficient (Wildman–Crippen LogP) is 5.12. The number of benzene rings is 2. The van der Waals surface area contributed by atoms with Crippen molar-refractivity contribution in [2.75, 3.05) is 18.0 Å². The molecule has 5 rings (SSSR count). The number of aromatic amines is 1. The van der Waals surface area contributed by atoms with Crippen LogP contribution in [0, 0.1) is 0 Å². The first-order valence-electron chi connectivity index (χ1n) is 11.0. The van der Waals surface area contributed by atoms with E-state index in [-0.39, 0.29) is 11.8 Å². The van der Waals surface area contributed by atoms with Gasteiger partial charge >= 0.3 is 0 Å². The van der Waals surface area contributed by atoms with E-state index >= 15 is 0 Å². The van der Waals surface area contributed by atoms with E-state index in [0.29, 0.717) is 13.1 Å². The van der Waals surface area contributed by atoms with Crippen LogP contribution in [0.15, 0.2) is 46.9 Å². The minimum Gasteiger partial charge on any atom is -0.355 e. The Hall–Kier alpha value is -2.60. The standard InChI is InChI=1S/C25H26BrN3O2/c1-3-4-7-13-28-22-11-10-17(26)15-20(22)25(24(28)31)23-19(12-14-29(25)16(2)30)18-8-5-6-9-21(18)27-23/h5-6,8-11,15,27H,3-4,7,12-14H2,1-2H3. The minimum absolute atomic E-state index is 0.0283. The number of nitrogens with one attached hydrogen (secondary N) is 1. The molecule has 31 heavy (non-hydrogen) atoms. The molecule has 0 bridgehead atoms. The van der Waals surface area contributed by atoms with Gasteiger partial charge in [-0.2, -0.15) is 0 Å². The van der Waals surface area contributed by atoms with Gasteiger partial charge in [-0.3, -0.25) is 9.59 Å². The van der Waals surface area contributed by atoms with Crippen molar-refractivity contribution >= 4 is 44.3 Å². The molecule has 3 heterocycles. The lowest BCUT2D eigenvalue weighted by atomic mass is 9.80. The van der Waals surface area contributed by atoms with Gasteiger partial charge in [0.25, 0.3) is 5.91 Å². The topological polar surface area (TPSA) is 56.4 Å². The molecule has 3 aromatic rings. The zero-order valence-electron chi connectivity index (χ0n) is 17.9. The van der Waals surface area contributed by atoms with E-state index < -0.39 is 5.54 Å². The van der Waals surface area contributed by atoms with Crippen molar-refractivity contribution in [3.63, 3.8) is 0 Å². The summed E-state index contributed by atoms with van der Waals surface area (Å²) in [5.74, 6) is -0.113. The summed E-state index contributed by atoms with van der Waals surface area (Å²) in [6.07, 6.45) is 3.82. The summed E-state index contributed by atoms with van der Waals surface area (Å²) in [5.41, 5.74) is 3.63. The van der Waals surface area contributed by atoms with Gasteiger partial charge in [-0.15, -0.1) is 0 Å². The lowest BCUT2D eigenvalue weighted by Gasteiger charge is -2.43. The lowest BCUT2D eigenvalue weighted by Crippen LogP contribution is -2.58. The number of aromatic nitrogens is 1. The molecular formula is C25H26BrN3O2. The zero-order chi connectivity index (χ0) is 21.8. The van der Waals surface area contributed by atoms with Crippen LogP contribution in [-0.2, 0) is 21.5 Å². The molecule has 1 atom stereocenters.